The highest BCUT2D eigenvalue weighted by atomic mass is 16.5. The molecule has 0 saturated carbocycles. The second-order valence-corrected chi connectivity index (χ2v) is 3.07. The average Bonchev–Trinajstić information content (AvgIpc) is 2.26. The maximum absolute atomic E-state index is 10.6. The van der Waals surface area contributed by atoms with Crippen molar-refractivity contribution in [2.45, 2.75) is 6.42 Å². The molecule has 1 rings (SSSR count). The maximum Gasteiger partial charge on any atom is 0.321 e. The number of nitrogens with zero attached hydrogens (tertiary/aromatic N) is 1. The second kappa shape index (κ2) is 5.01. The molecule has 78 valence electrons. The van der Waals surface area contributed by atoms with Gasteiger partial charge in [-0.05, 0) is 24.1 Å². The van der Waals surface area contributed by atoms with Crippen molar-refractivity contribution in [2.75, 3.05) is 7.11 Å². The highest BCUT2D eigenvalue weighted by Crippen LogP contribution is 2.14. The van der Waals surface area contributed by atoms with Crippen LogP contribution in [0.2, 0.25) is 0 Å². The van der Waals surface area contributed by atoms with E-state index in [1.165, 1.54) is 0 Å². The van der Waals surface area contributed by atoms with Crippen LogP contribution in [0.4, 0.5) is 0 Å². The third-order valence-corrected chi connectivity index (χ3v) is 2.05. The first-order valence-corrected chi connectivity index (χ1v) is 4.42. The Labute approximate surface area is 87.7 Å². The van der Waals surface area contributed by atoms with Crippen LogP contribution in [-0.4, -0.2) is 18.2 Å². The largest absolute Gasteiger partial charge is 0.497 e. The van der Waals surface area contributed by atoms with E-state index < -0.39 is 11.9 Å². The predicted octanol–water partition coefficient (Wildman–Crippen LogP) is 1.46. The molecule has 1 unspecified atom stereocenters. The van der Waals surface area contributed by atoms with Crippen LogP contribution in [0.15, 0.2) is 24.3 Å². The fourth-order valence-corrected chi connectivity index (χ4v) is 1.19. The molecule has 0 aliphatic rings. The Bertz CT molecular complexity index is 378. The van der Waals surface area contributed by atoms with Crippen molar-refractivity contribution in [1.82, 2.24) is 0 Å². The van der Waals surface area contributed by atoms with Crippen LogP contribution in [0.3, 0.4) is 0 Å². The van der Waals surface area contributed by atoms with E-state index in [1.807, 2.05) is 0 Å². The van der Waals surface area contributed by atoms with Gasteiger partial charge in [0, 0.05) is 0 Å². The number of rotatable bonds is 4. The van der Waals surface area contributed by atoms with Crippen LogP contribution in [-0.2, 0) is 11.2 Å². The molecule has 0 radical (unpaired) electrons. The number of aliphatic carboxylic acids is 1. The second-order valence-electron chi connectivity index (χ2n) is 3.07. The molecule has 0 spiro atoms. The fraction of sp³-hybridized carbons (Fsp3) is 0.273. The Morgan fingerprint density at radius 1 is 1.53 bits per heavy atom. The Kier molecular flexibility index (Phi) is 3.69. The molecule has 15 heavy (non-hydrogen) atoms. The van der Waals surface area contributed by atoms with E-state index >= 15 is 0 Å². The number of methoxy groups -OCH3 is 1. The topological polar surface area (TPSA) is 70.3 Å². The van der Waals surface area contributed by atoms with Crippen molar-refractivity contribution in [3.63, 3.8) is 0 Å². The van der Waals surface area contributed by atoms with E-state index in [0.717, 1.165) is 5.56 Å². The summed E-state index contributed by atoms with van der Waals surface area (Å²) in [6.45, 7) is 0. The molecule has 4 heteroatoms. The lowest BCUT2D eigenvalue weighted by atomic mass is 10.0. The lowest BCUT2D eigenvalue weighted by Crippen LogP contribution is -2.14. The minimum atomic E-state index is -1.09. The molecular formula is C11H11NO3. The van der Waals surface area contributed by atoms with Gasteiger partial charge < -0.3 is 9.84 Å². The Balaban J connectivity index is 2.72. The lowest BCUT2D eigenvalue weighted by Gasteiger charge is -2.05. The SMILES string of the molecule is COc1ccc(CC(C#N)C(=O)O)cc1. The fourth-order valence-electron chi connectivity index (χ4n) is 1.19. The van der Waals surface area contributed by atoms with Gasteiger partial charge in [0.05, 0.1) is 13.2 Å². The van der Waals surface area contributed by atoms with Crippen LogP contribution in [0.5, 0.6) is 5.75 Å². The summed E-state index contributed by atoms with van der Waals surface area (Å²) in [6, 6.07) is 8.74. The molecule has 0 fully saturated rings. The first-order valence-electron chi connectivity index (χ1n) is 4.42. The van der Waals surface area contributed by atoms with E-state index in [4.69, 9.17) is 15.1 Å². The molecule has 0 aromatic heterocycles. The monoisotopic (exact) mass is 205 g/mol. The van der Waals surface area contributed by atoms with Gasteiger partial charge in [-0.15, -0.1) is 0 Å². The number of benzene rings is 1. The number of carbonyl (C=O) groups is 1. The third kappa shape index (κ3) is 2.99. The van der Waals surface area contributed by atoms with Crippen LogP contribution in [0.1, 0.15) is 5.56 Å². The third-order valence-electron chi connectivity index (χ3n) is 2.05. The smallest absolute Gasteiger partial charge is 0.321 e. The van der Waals surface area contributed by atoms with Crippen molar-refractivity contribution < 1.29 is 14.6 Å². The summed E-state index contributed by atoms with van der Waals surface area (Å²) in [6.07, 6.45) is 0.218. The molecule has 1 atom stereocenters. The summed E-state index contributed by atoms with van der Waals surface area (Å²) >= 11 is 0. The van der Waals surface area contributed by atoms with E-state index in [9.17, 15) is 4.79 Å². The normalized spacial score (nSPS) is 11.5. The van der Waals surface area contributed by atoms with Crippen molar-refractivity contribution in [1.29, 1.82) is 5.26 Å². The maximum atomic E-state index is 10.6. The zero-order valence-corrected chi connectivity index (χ0v) is 8.30. The quantitative estimate of drug-likeness (QED) is 0.807. The minimum absolute atomic E-state index is 0.218. The van der Waals surface area contributed by atoms with Gasteiger partial charge in [-0.25, -0.2) is 0 Å². The Hall–Kier alpha value is -2.02. The highest BCUT2D eigenvalue weighted by Gasteiger charge is 2.16. The van der Waals surface area contributed by atoms with Crippen LogP contribution < -0.4 is 4.74 Å². The lowest BCUT2D eigenvalue weighted by molar-refractivity contribution is -0.139. The summed E-state index contributed by atoms with van der Waals surface area (Å²) in [4.78, 5) is 10.6. The number of hydrogen-bond donors (Lipinski definition) is 1. The van der Waals surface area contributed by atoms with Gasteiger partial charge in [-0.2, -0.15) is 5.26 Å². The van der Waals surface area contributed by atoms with Crippen molar-refractivity contribution in [2.24, 2.45) is 5.92 Å². The van der Waals surface area contributed by atoms with Crippen LogP contribution in [0.25, 0.3) is 0 Å². The molecule has 0 bridgehead atoms. The standard InChI is InChI=1S/C11H11NO3/c1-15-10-4-2-8(3-5-10)6-9(7-12)11(13)14/h2-5,9H,6H2,1H3,(H,13,14). The molecule has 0 heterocycles. The van der Waals surface area contributed by atoms with Gasteiger partial charge in [0.25, 0.3) is 0 Å². The molecule has 0 aliphatic heterocycles. The summed E-state index contributed by atoms with van der Waals surface area (Å²) in [5.41, 5.74) is 0.810. The minimum Gasteiger partial charge on any atom is -0.497 e. The van der Waals surface area contributed by atoms with E-state index in [2.05, 4.69) is 0 Å². The zero-order chi connectivity index (χ0) is 11.3. The number of hydrogen-bond acceptors (Lipinski definition) is 3. The molecule has 4 nitrogen and oxygen atoms in total. The summed E-state index contributed by atoms with van der Waals surface area (Å²) in [5, 5.41) is 17.3. The molecular weight excluding hydrogens is 194 g/mol. The summed E-state index contributed by atoms with van der Waals surface area (Å²) < 4.78 is 4.97. The predicted molar refractivity (Wildman–Crippen MR) is 53.4 cm³/mol. The molecule has 1 aromatic rings. The molecule has 0 amide bonds. The first-order chi connectivity index (χ1) is 7.17. The average molecular weight is 205 g/mol. The molecule has 0 saturated heterocycles. The van der Waals surface area contributed by atoms with Crippen molar-refractivity contribution in [3.8, 4) is 11.8 Å². The summed E-state index contributed by atoms with van der Waals surface area (Å²) in [7, 11) is 1.56. The van der Waals surface area contributed by atoms with Gasteiger partial charge in [0.15, 0.2) is 0 Å². The molecule has 1 N–H and O–H groups in total. The molecule has 0 aliphatic carbocycles. The Morgan fingerprint density at radius 3 is 2.53 bits per heavy atom. The van der Waals surface area contributed by atoms with Gasteiger partial charge in [0.2, 0.25) is 0 Å². The van der Waals surface area contributed by atoms with Crippen LogP contribution in [0, 0.1) is 17.2 Å². The molecule has 1 aromatic carbocycles. The number of nitriles is 1. The number of carboxylic acid groups (broad SMARTS) is 1. The van der Waals surface area contributed by atoms with Crippen molar-refractivity contribution >= 4 is 5.97 Å². The van der Waals surface area contributed by atoms with E-state index in [-0.39, 0.29) is 6.42 Å². The van der Waals surface area contributed by atoms with E-state index in [1.54, 1.807) is 37.4 Å². The van der Waals surface area contributed by atoms with E-state index in [0.29, 0.717) is 5.75 Å². The number of carboxylic acids is 1. The number of ether oxygens (including phenoxy) is 1. The van der Waals surface area contributed by atoms with Gasteiger partial charge >= 0.3 is 5.97 Å². The van der Waals surface area contributed by atoms with Gasteiger partial charge in [-0.1, -0.05) is 12.1 Å². The Morgan fingerprint density at radius 2 is 2.13 bits per heavy atom. The summed E-state index contributed by atoms with van der Waals surface area (Å²) in [5.74, 6) is -1.37. The highest BCUT2D eigenvalue weighted by molar-refractivity contribution is 5.73. The van der Waals surface area contributed by atoms with Crippen molar-refractivity contribution in [3.05, 3.63) is 29.8 Å². The first kappa shape index (κ1) is 11.1. The van der Waals surface area contributed by atoms with Gasteiger partial charge in [-0.3, -0.25) is 4.79 Å². The van der Waals surface area contributed by atoms with Gasteiger partial charge in [0.1, 0.15) is 11.7 Å². The van der Waals surface area contributed by atoms with Crippen LogP contribution >= 0.6 is 0 Å². The zero-order valence-electron chi connectivity index (χ0n) is 8.30.